The van der Waals surface area contributed by atoms with E-state index in [1.54, 1.807) is 17.0 Å². The van der Waals surface area contributed by atoms with Crippen LogP contribution in [0.5, 0.6) is 10.9 Å². The van der Waals surface area contributed by atoms with Crippen LogP contribution in [0.3, 0.4) is 0 Å². The smallest absolute Gasteiger partial charge is 0.278 e. The normalized spacial score (nSPS) is 26.3. The van der Waals surface area contributed by atoms with Crippen molar-refractivity contribution in [1.82, 2.24) is 20.7 Å². The molecule has 0 radical (unpaired) electrons. The molecular weight excluding hydrogens is 706 g/mol. The van der Waals surface area contributed by atoms with E-state index in [-0.39, 0.29) is 24.8 Å². The molecule has 1 aromatic heterocycles. The Morgan fingerprint density at radius 1 is 1.02 bits per heavy atom. The van der Waals surface area contributed by atoms with Crippen molar-refractivity contribution in [3.63, 3.8) is 0 Å². The molecule has 3 N–H and O–H groups in total. The number of para-hydroxylation sites is 2. The third-order valence-electron chi connectivity index (χ3n) is 9.36. The van der Waals surface area contributed by atoms with Crippen LogP contribution in [0, 0.1) is 5.92 Å². The maximum Gasteiger partial charge on any atom is 0.278 e. The predicted molar refractivity (Wildman–Crippen MR) is 192 cm³/mol. The summed E-state index contributed by atoms with van der Waals surface area (Å²) in [7, 11) is 0. The van der Waals surface area contributed by atoms with Gasteiger partial charge in [0, 0.05) is 22.5 Å². The van der Waals surface area contributed by atoms with Crippen molar-refractivity contribution in [3.05, 3.63) is 95.5 Å². The third kappa shape index (κ3) is 7.60. The first-order chi connectivity index (χ1) is 23.9. The highest BCUT2D eigenvalue weighted by atomic mass is 79.9. The van der Waals surface area contributed by atoms with Gasteiger partial charge in [0.2, 0.25) is 11.8 Å². The van der Waals surface area contributed by atoms with E-state index in [0.717, 1.165) is 46.1 Å². The predicted octanol–water partition coefficient (Wildman–Crippen LogP) is 6.39. The Hall–Kier alpha value is -4.42. The van der Waals surface area contributed by atoms with Crippen LogP contribution in [0.15, 0.2) is 95.5 Å². The van der Waals surface area contributed by atoms with Gasteiger partial charge in [-0.05, 0) is 68.1 Å². The average molecular weight is 745 g/mol. The zero-order valence-electron chi connectivity index (χ0n) is 26.8. The van der Waals surface area contributed by atoms with Crippen LogP contribution in [0.25, 0.3) is 10.2 Å². The summed E-state index contributed by atoms with van der Waals surface area (Å²) in [6.45, 7) is 0.211. The molecule has 12 heteroatoms. The van der Waals surface area contributed by atoms with Crippen molar-refractivity contribution in [2.45, 2.75) is 68.7 Å². The molecule has 254 valence electrons. The summed E-state index contributed by atoms with van der Waals surface area (Å²) in [5, 5.41) is 6.99. The van der Waals surface area contributed by atoms with Crippen LogP contribution in [-0.2, 0) is 14.4 Å². The first-order valence-electron chi connectivity index (χ1n) is 16.7. The van der Waals surface area contributed by atoms with Gasteiger partial charge in [0.1, 0.15) is 23.7 Å². The van der Waals surface area contributed by atoms with E-state index in [1.807, 2.05) is 72.8 Å². The van der Waals surface area contributed by atoms with Gasteiger partial charge < -0.3 is 25.1 Å². The van der Waals surface area contributed by atoms with E-state index in [0.29, 0.717) is 23.8 Å². The molecule has 2 fully saturated rings. The largest absolute Gasteiger partial charge is 0.465 e. The quantitative estimate of drug-likeness (QED) is 0.148. The number of anilines is 1. The number of nitrogens with one attached hydrogen (secondary N) is 3. The van der Waals surface area contributed by atoms with Crippen molar-refractivity contribution in [1.29, 1.82) is 0 Å². The van der Waals surface area contributed by atoms with Gasteiger partial charge in [-0.1, -0.05) is 88.7 Å². The maximum absolute atomic E-state index is 14.5. The Kier molecular flexibility index (Phi) is 9.86. The van der Waals surface area contributed by atoms with Gasteiger partial charge in [0.25, 0.3) is 11.1 Å². The second kappa shape index (κ2) is 14.6. The summed E-state index contributed by atoms with van der Waals surface area (Å²) < 4.78 is 8.29. The summed E-state index contributed by atoms with van der Waals surface area (Å²) in [5.41, 5.74) is 3.02. The second-order valence-corrected chi connectivity index (χ2v) is 14.7. The van der Waals surface area contributed by atoms with Crippen LogP contribution >= 0.6 is 27.3 Å². The number of halogens is 1. The lowest BCUT2D eigenvalue weighted by molar-refractivity contribution is -0.141. The SMILES string of the molecule is O=C1N[C@]2(C(=O)NOc3ccccc3)C[C@H]2/C=C\CCCCC[C@H](Nc2ccccc2)C(=O)N2C[C@H](Oc3nc4ccc(Br)cc4s3)C[C@@H]12. The number of fused-ring (bicyclic) bond motifs is 3. The molecule has 4 aromatic rings. The third-order valence-corrected chi connectivity index (χ3v) is 10.8. The highest BCUT2D eigenvalue weighted by Gasteiger charge is 2.61. The van der Waals surface area contributed by atoms with E-state index in [1.165, 1.54) is 11.3 Å². The molecule has 0 bridgehead atoms. The average Bonchev–Trinajstić information content (AvgIpc) is 3.41. The molecular formula is C37H38BrN5O5S. The molecule has 1 aliphatic carbocycles. The van der Waals surface area contributed by atoms with E-state index in [4.69, 9.17) is 9.57 Å². The number of carbonyl (C=O) groups excluding carboxylic acids is 3. The summed E-state index contributed by atoms with van der Waals surface area (Å²) in [5.74, 6) is -0.721. The van der Waals surface area contributed by atoms with Gasteiger partial charge in [-0.25, -0.2) is 4.98 Å². The number of hydrogen-bond donors (Lipinski definition) is 3. The number of carbonyl (C=O) groups is 3. The van der Waals surface area contributed by atoms with Gasteiger partial charge in [0.15, 0.2) is 5.75 Å². The minimum Gasteiger partial charge on any atom is -0.465 e. The molecule has 10 nitrogen and oxygen atoms in total. The van der Waals surface area contributed by atoms with Crippen LogP contribution < -0.4 is 25.7 Å². The monoisotopic (exact) mass is 743 g/mol. The molecule has 2 aliphatic heterocycles. The molecule has 0 spiro atoms. The lowest BCUT2D eigenvalue weighted by Gasteiger charge is -2.30. The van der Waals surface area contributed by atoms with Gasteiger partial charge in [-0.15, -0.1) is 0 Å². The molecule has 3 heterocycles. The van der Waals surface area contributed by atoms with Crippen LogP contribution in [-0.4, -0.2) is 57.9 Å². The fraction of sp³-hybridized carbons (Fsp3) is 0.351. The molecule has 3 aliphatic rings. The Balaban J connectivity index is 1.16. The van der Waals surface area contributed by atoms with E-state index < -0.39 is 35.5 Å². The zero-order valence-corrected chi connectivity index (χ0v) is 29.3. The molecule has 0 unspecified atom stereocenters. The molecule has 1 saturated carbocycles. The molecule has 7 rings (SSSR count). The highest BCUT2D eigenvalue weighted by molar-refractivity contribution is 9.10. The van der Waals surface area contributed by atoms with Gasteiger partial charge in [0.05, 0.1) is 16.8 Å². The van der Waals surface area contributed by atoms with Gasteiger partial charge in [-0.3, -0.25) is 14.4 Å². The van der Waals surface area contributed by atoms with Gasteiger partial charge in [-0.2, -0.15) is 5.48 Å². The number of aromatic nitrogens is 1. The Labute approximate surface area is 297 Å². The number of hydrogen-bond acceptors (Lipinski definition) is 8. The number of hydroxylamine groups is 1. The molecule has 3 aromatic carbocycles. The van der Waals surface area contributed by atoms with Crippen molar-refractivity contribution < 1.29 is 24.0 Å². The van der Waals surface area contributed by atoms with E-state index in [2.05, 4.69) is 43.1 Å². The first-order valence-corrected chi connectivity index (χ1v) is 18.3. The Bertz CT molecular complexity index is 1840. The summed E-state index contributed by atoms with van der Waals surface area (Å²) in [6.07, 6.45) is 8.56. The van der Waals surface area contributed by atoms with Crippen LogP contribution in [0.2, 0.25) is 0 Å². The lowest BCUT2D eigenvalue weighted by Crippen LogP contribution is -2.57. The second-order valence-electron chi connectivity index (χ2n) is 12.8. The van der Waals surface area contributed by atoms with Crippen LogP contribution in [0.1, 0.15) is 44.9 Å². The van der Waals surface area contributed by atoms with E-state index >= 15 is 0 Å². The number of allylic oxidation sites excluding steroid dienone is 1. The number of thiazole rings is 1. The van der Waals surface area contributed by atoms with Crippen molar-refractivity contribution in [2.24, 2.45) is 5.92 Å². The fourth-order valence-corrected chi connectivity index (χ4v) is 8.09. The maximum atomic E-state index is 14.5. The lowest BCUT2D eigenvalue weighted by atomic mass is 10.0. The summed E-state index contributed by atoms with van der Waals surface area (Å²) in [4.78, 5) is 54.3. The highest BCUT2D eigenvalue weighted by Crippen LogP contribution is 2.45. The molecule has 5 atom stereocenters. The zero-order chi connectivity index (χ0) is 33.8. The van der Waals surface area contributed by atoms with Crippen molar-refractivity contribution >= 4 is 60.9 Å². The molecule has 49 heavy (non-hydrogen) atoms. The number of nitrogens with zero attached hydrogens (tertiary/aromatic N) is 2. The summed E-state index contributed by atoms with van der Waals surface area (Å²) in [6, 6.07) is 23.1. The number of ether oxygens (including phenoxy) is 1. The standard InChI is InChI=1S/C37H38BrN5O5S/c38-25-18-19-29-32(20-25)49-36(40-29)47-28-21-31-33(44)41-37(35(46)42-48-27-15-9-5-10-16-27)22-24(37)12-6-2-1-3-11-17-30(34(45)43(31)23-28)39-26-13-7-4-8-14-26/h4-10,12-16,18-20,24,28,30-31,39H,1-3,11,17,21-23H2,(H,41,44)(H,42,46)/b12-6-/t24-,28-,30+,31+,37-/m1/s1. The minimum atomic E-state index is -1.20. The number of amides is 3. The fourth-order valence-electron chi connectivity index (χ4n) is 6.66. The first kappa shape index (κ1) is 33.1. The van der Waals surface area contributed by atoms with Crippen LogP contribution in [0.4, 0.5) is 5.69 Å². The van der Waals surface area contributed by atoms with Gasteiger partial charge >= 0.3 is 0 Å². The number of rotatable bonds is 7. The molecule has 3 amide bonds. The Morgan fingerprint density at radius 3 is 2.63 bits per heavy atom. The topological polar surface area (TPSA) is 122 Å². The summed E-state index contributed by atoms with van der Waals surface area (Å²) >= 11 is 4.94. The van der Waals surface area contributed by atoms with E-state index in [9.17, 15) is 14.4 Å². The van der Waals surface area contributed by atoms with Crippen molar-refractivity contribution in [3.8, 4) is 10.9 Å². The Morgan fingerprint density at radius 2 is 1.82 bits per heavy atom. The minimum absolute atomic E-state index is 0.172. The van der Waals surface area contributed by atoms with Crippen molar-refractivity contribution in [2.75, 3.05) is 11.9 Å². The molecule has 1 saturated heterocycles. The number of benzene rings is 3.